The van der Waals surface area contributed by atoms with Gasteiger partial charge in [0.25, 0.3) is 0 Å². The molecule has 0 aliphatic carbocycles. The van der Waals surface area contributed by atoms with Gasteiger partial charge in [0.2, 0.25) is 0 Å². The Kier molecular flexibility index (Phi) is 7.09. The maximum absolute atomic E-state index is 5.16. The monoisotopic (exact) mass is 468 g/mol. The van der Waals surface area contributed by atoms with Gasteiger partial charge in [0.05, 0.1) is 17.3 Å². The molecule has 1 aliphatic rings. The molecule has 6 nitrogen and oxygen atoms in total. The number of para-hydroxylation sites is 1. The molecule has 5 rings (SSSR count). The number of hydrogen-bond donors (Lipinski definition) is 0. The number of hydrogen-bond acceptors (Lipinski definition) is 5. The second kappa shape index (κ2) is 10.6. The van der Waals surface area contributed by atoms with Gasteiger partial charge in [0.15, 0.2) is 5.65 Å². The van der Waals surface area contributed by atoms with Crippen LogP contribution in [-0.4, -0.2) is 50.8 Å². The van der Waals surface area contributed by atoms with Gasteiger partial charge in [-0.25, -0.2) is 14.6 Å². The number of aryl methyl sites for hydroxylation is 1. The molecule has 35 heavy (non-hydrogen) atoms. The van der Waals surface area contributed by atoms with Crippen LogP contribution in [0.3, 0.4) is 0 Å². The second-order valence-electron chi connectivity index (χ2n) is 9.83. The Morgan fingerprint density at radius 2 is 1.80 bits per heavy atom. The van der Waals surface area contributed by atoms with E-state index < -0.39 is 0 Å². The lowest BCUT2D eigenvalue weighted by molar-refractivity contribution is 0.285. The molecule has 0 saturated carbocycles. The van der Waals surface area contributed by atoms with Gasteiger partial charge in [-0.1, -0.05) is 68.3 Å². The number of anilines is 1. The van der Waals surface area contributed by atoms with E-state index in [2.05, 4.69) is 67.0 Å². The third kappa shape index (κ3) is 5.22. The predicted octanol–water partition coefficient (Wildman–Crippen LogP) is 5.74. The molecule has 1 aliphatic heterocycles. The van der Waals surface area contributed by atoms with Crippen LogP contribution in [0.5, 0.6) is 0 Å². The van der Waals surface area contributed by atoms with Crippen LogP contribution in [-0.2, 0) is 6.54 Å². The zero-order chi connectivity index (χ0) is 24.2. The number of fused-ring (bicyclic) bond motifs is 1. The fraction of sp³-hybridized carbons (Fsp3) is 0.414. The minimum Gasteiger partial charge on any atom is -0.355 e. The third-order valence-corrected chi connectivity index (χ3v) is 6.97. The van der Waals surface area contributed by atoms with Crippen molar-refractivity contribution in [1.29, 1.82) is 0 Å². The first-order valence-electron chi connectivity index (χ1n) is 13.0. The van der Waals surface area contributed by atoms with E-state index in [9.17, 15) is 0 Å². The Bertz CT molecular complexity index is 1260. The average Bonchev–Trinajstić information content (AvgIpc) is 3.17. The van der Waals surface area contributed by atoms with E-state index >= 15 is 0 Å². The molecule has 3 heterocycles. The Hall–Kier alpha value is -3.25. The highest BCUT2D eigenvalue weighted by molar-refractivity contribution is 5.88. The Labute approximate surface area is 208 Å². The molecule has 6 heteroatoms. The van der Waals surface area contributed by atoms with Crippen molar-refractivity contribution in [2.24, 2.45) is 0 Å². The van der Waals surface area contributed by atoms with Gasteiger partial charge >= 0.3 is 0 Å². The lowest BCUT2D eigenvalue weighted by Crippen LogP contribution is -2.31. The first-order valence-corrected chi connectivity index (χ1v) is 13.0. The third-order valence-electron chi connectivity index (χ3n) is 6.97. The quantitative estimate of drug-likeness (QED) is 0.346. The van der Waals surface area contributed by atoms with Crippen molar-refractivity contribution in [3.05, 3.63) is 77.7 Å². The minimum absolute atomic E-state index is 0.312. The van der Waals surface area contributed by atoms with Gasteiger partial charge in [-0.2, -0.15) is 5.10 Å². The zero-order valence-corrected chi connectivity index (χ0v) is 21.2. The van der Waals surface area contributed by atoms with Crippen molar-refractivity contribution in [3.8, 4) is 5.69 Å². The van der Waals surface area contributed by atoms with Crippen LogP contribution < -0.4 is 4.90 Å². The largest absolute Gasteiger partial charge is 0.355 e. The number of benzene rings is 2. The average molecular weight is 469 g/mol. The molecule has 2 aromatic carbocycles. The van der Waals surface area contributed by atoms with E-state index in [-0.39, 0.29) is 0 Å². The SMILES string of the molecule is CCC[C@H](C)c1nc(N2CCCN(Cc3cccc(C)c3)CC2)c2cnn(-c3ccccc3)c2n1. The van der Waals surface area contributed by atoms with Crippen molar-refractivity contribution >= 4 is 16.9 Å². The maximum atomic E-state index is 5.16. The Morgan fingerprint density at radius 1 is 0.943 bits per heavy atom. The summed E-state index contributed by atoms with van der Waals surface area (Å²) in [7, 11) is 0. The molecule has 4 aromatic rings. The number of nitrogens with zero attached hydrogens (tertiary/aromatic N) is 6. The standard InChI is InChI=1S/C29H36N6/c1-4-10-23(3)27-31-28(26-20-30-35(29(26)32-27)25-13-6-5-7-14-25)34-16-9-15-33(17-18-34)21-24-12-8-11-22(2)19-24/h5-8,11-14,19-20,23H,4,9-10,15-18,21H2,1-3H3/t23-/m0/s1. The summed E-state index contributed by atoms with van der Waals surface area (Å²) in [4.78, 5) is 15.2. The summed E-state index contributed by atoms with van der Waals surface area (Å²) in [6.07, 6.45) is 5.26. The number of rotatable bonds is 7. The van der Waals surface area contributed by atoms with Gasteiger partial charge in [-0.05, 0) is 37.5 Å². The van der Waals surface area contributed by atoms with Crippen molar-refractivity contribution in [1.82, 2.24) is 24.6 Å². The molecule has 1 fully saturated rings. The van der Waals surface area contributed by atoms with Gasteiger partial charge in [0, 0.05) is 38.6 Å². The fourth-order valence-corrected chi connectivity index (χ4v) is 5.10. The normalized spacial score (nSPS) is 15.9. The highest BCUT2D eigenvalue weighted by atomic mass is 15.3. The molecule has 0 amide bonds. The van der Waals surface area contributed by atoms with Gasteiger partial charge in [-0.15, -0.1) is 0 Å². The lowest BCUT2D eigenvalue weighted by atomic mass is 10.1. The summed E-state index contributed by atoms with van der Waals surface area (Å²) in [5, 5.41) is 5.78. The van der Waals surface area contributed by atoms with Crippen molar-refractivity contribution in [3.63, 3.8) is 0 Å². The summed E-state index contributed by atoms with van der Waals surface area (Å²) in [6, 6.07) is 19.2. The second-order valence-corrected chi connectivity index (χ2v) is 9.83. The van der Waals surface area contributed by atoms with Crippen LogP contribution in [0, 0.1) is 6.92 Å². The molecule has 182 valence electrons. The molecule has 0 radical (unpaired) electrons. The van der Waals surface area contributed by atoms with Crippen LogP contribution in [0.4, 0.5) is 5.82 Å². The van der Waals surface area contributed by atoms with Crippen LogP contribution in [0.25, 0.3) is 16.7 Å². The van der Waals surface area contributed by atoms with Crippen molar-refractivity contribution in [2.45, 2.75) is 52.5 Å². The van der Waals surface area contributed by atoms with E-state index in [1.54, 1.807) is 0 Å². The minimum atomic E-state index is 0.312. The zero-order valence-electron chi connectivity index (χ0n) is 21.2. The first kappa shape index (κ1) is 23.5. The molecule has 0 N–H and O–H groups in total. The van der Waals surface area contributed by atoms with Gasteiger partial charge in [-0.3, -0.25) is 4.90 Å². The van der Waals surface area contributed by atoms with Crippen LogP contribution in [0.1, 0.15) is 56.0 Å². The molecular formula is C29H36N6. The summed E-state index contributed by atoms with van der Waals surface area (Å²) >= 11 is 0. The maximum Gasteiger partial charge on any atom is 0.168 e. The summed E-state index contributed by atoms with van der Waals surface area (Å²) in [5.74, 6) is 2.27. The molecule has 1 atom stereocenters. The summed E-state index contributed by atoms with van der Waals surface area (Å²) in [6.45, 7) is 11.7. The highest BCUT2D eigenvalue weighted by Gasteiger charge is 2.23. The molecule has 0 spiro atoms. The van der Waals surface area contributed by atoms with E-state index in [1.165, 1.54) is 11.1 Å². The van der Waals surface area contributed by atoms with Crippen molar-refractivity contribution in [2.75, 3.05) is 31.1 Å². The fourth-order valence-electron chi connectivity index (χ4n) is 5.10. The van der Waals surface area contributed by atoms with Crippen LogP contribution >= 0.6 is 0 Å². The molecule has 1 saturated heterocycles. The van der Waals surface area contributed by atoms with Gasteiger partial charge in [0.1, 0.15) is 11.6 Å². The molecular weight excluding hydrogens is 432 g/mol. The van der Waals surface area contributed by atoms with E-state index in [0.29, 0.717) is 5.92 Å². The topological polar surface area (TPSA) is 50.1 Å². The molecule has 2 aromatic heterocycles. The van der Waals surface area contributed by atoms with Crippen LogP contribution in [0.15, 0.2) is 60.8 Å². The van der Waals surface area contributed by atoms with E-state index in [1.807, 2.05) is 29.1 Å². The van der Waals surface area contributed by atoms with Crippen LogP contribution in [0.2, 0.25) is 0 Å². The summed E-state index contributed by atoms with van der Waals surface area (Å²) < 4.78 is 1.96. The van der Waals surface area contributed by atoms with Crippen molar-refractivity contribution < 1.29 is 0 Å². The lowest BCUT2D eigenvalue weighted by Gasteiger charge is -2.24. The van der Waals surface area contributed by atoms with E-state index in [4.69, 9.17) is 15.1 Å². The van der Waals surface area contributed by atoms with Gasteiger partial charge < -0.3 is 4.90 Å². The Morgan fingerprint density at radius 3 is 2.60 bits per heavy atom. The predicted molar refractivity (Wildman–Crippen MR) is 143 cm³/mol. The highest BCUT2D eigenvalue weighted by Crippen LogP contribution is 2.30. The first-order chi connectivity index (χ1) is 17.1. The molecule has 0 bridgehead atoms. The smallest absolute Gasteiger partial charge is 0.168 e. The number of aromatic nitrogens is 4. The Balaban J connectivity index is 1.46. The molecule has 0 unspecified atom stereocenters. The van der Waals surface area contributed by atoms with E-state index in [0.717, 1.165) is 80.3 Å². The summed E-state index contributed by atoms with van der Waals surface area (Å²) in [5.41, 5.74) is 4.65.